The number of Topliss-reactive ketones (excluding diaryl/α,β-unsaturated/α-hetero) is 1. The number of rotatable bonds is 3. The SMILES string of the molecule is Cc1ccc(C(=O)CN2CCN(C(C)(C)C)CC2)s1. The fraction of sp³-hybridized carbons (Fsp3) is 0.667. The molecule has 0 saturated carbocycles. The first kappa shape index (κ1) is 14.7. The zero-order valence-corrected chi connectivity index (χ0v) is 13.2. The average molecular weight is 280 g/mol. The van der Waals surface area contributed by atoms with Crippen molar-refractivity contribution in [3.8, 4) is 0 Å². The second-order valence-corrected chi connectivity index (χ2v) is 7.56. The van der Waals surface area contributed by atoms with E-state index in [0.29, 0.717) is 6.54 Å². The van der Waals surface area contributed by atoms with E-state index < -0.39 is 0 Å². The zero-order chi connectivity index (χ0) is 14.0. The van der Waals surface area contributed by atoms with Gasteiger partial charge in [-0.3, -0.25) is 14.6 Å². The second-order valence-electron chi connectivity index (χ2n) is 6.27. The fourth-order valence-electron chi connectivity index (χ4n) is 2.44. The Morgan fingerprint density at radius 3 is 2.32 bits per heavy atom. The summed E-state index contributed by atoms with van der Waals surface area (Å²) in [5, 5.41) is 0. The highest BCUT2D eigenvalue weighted by atomic mass is 32.1. The minimum absolute atomic E-state index is 0.237. The molecule has 0 N–H and O–H groups in total. The number of hydrogen-bond donors (Lipinski definition) is 0. The van der Waals surface area contributed by atoms with Crippen LogP contribution >= 0.6 is 11.3 Å². The van der Waals surface area contributed by atoms with Crippen LogP contribution in [0.15, 0.2) is 12.1 Å². The third-order valence-electron chi connectivity index (χ3n) is 3.70. The summed E-state index contributed by atoms with van der Waals surface area (Å²) in [7, 11) is 0. The first-order valence-corrected chi connectivity index (χ1v) is 7.75. The van der Waals surface area contributed by atoms with Gasteiger partial charge in [-0.15, -0.1) is 11.3 Å². The second kappa shape index (κ2) is 5.73. The minimum atomic E-state index is 0.237. The Hall–Kier alpha value is -0.710. The van der Waals surface area contributed by atoms with E-state index >= 15 is 0 Å². The number of piperazine rings is 1. The molecule has 3 nitrogen and oxygen atoms in total. The van der Waals surface area contributed by atoms with Crippen molar-refractivity contribution in [2.75, 3.05) is 32.7 Å². The molecule has 0 aliphatic carbocycles. The number of hydrogen-bond acceptors (Lipinski definition) is 4. The van der Waals surface area contributed by atoms with Crippen LogP contribution in [0.1, 0.15) is 35.3 Å². The van der Waals surface area contributed by atoms with Crippen LogP contribution in [0.5, 0.6) is 0 Å². The molecule has 1 saturated heterocycles. The van der Waals surface area contributed by atoms with Crippen LogP contribution in [0.2, 0.25) is 0 Å². The Labute approximate surface area is 120 Å². The molecular weight excluding hydrogens is 256 g/mol. The van der Waals surface area contributed by atoms with Crippen molar-refractivity contribution in [3.05, 3.63) is 21.9 Å². The van der Waals surface area contributed by atoms with E-state index in [4.69, 9.17) is 0 Å². The lowest BCUT2D eigenvalue weighted by Gasteiger charge is -2.42. The van der Waals surface area contributed by atoms with Gasteiger partial charge in [0.15, 0.2) is 5.78 Å². The summed E-state index contributed by atoms with van der Waals surface area (Å²) in [5.74, 6) is 0.266. The van der Waals surface area contributed by atoms with E-state index in [1.54, 1.807) is 11.3 Å². The molecule has 0 atom stereocenters. The third kappa shape index (κ3) is 3.88. The van der Waals surface area contributed by atoms with Gasteiger partial charge in [-0.25, -0.2) is 0 Å². The Morgan fingerprint density at radius 2 is 1.84 bits per heavy atom. The summed E-state index contributed by atoms with van der Waals surface area (Å²) in [5.41, 5.74) is 0.237. The fourth-order valence-corrected chi connectivity index (χ4v) is 3.24. The van der Waals surface area contributed by atoms with Crippen molar-refractivity contribution >= 4 is 17.1 Å². The summed E-state index contributed by atoms with van der Waals surface area (Å²) in [6, 6.07) is 3.98. The van der Waals surface area contributed by atoms with Gasteiger partial charge in [0.25, 0.3) is 0 Å². The van der Waals surface area contributed by atoms with E-state index in [1.165, 1.54) is 4.88 Å². The Balaban J connectivity index is 1.84. The monoisotopic (exact) mass is 280 g/mol. The highest BCUT2D eigenvalue weighted by molar-refractivity contribution is 7.14. The number of aryl methyl sites for hydroxylation is 1. The molecule has 0 aromatic carbocycles. The molecule has 19 heavy (non-hydrogen) atoms. The van der Waals surface area contributed by atoms with Crippen molar-refractivity contribution in [2.45, 2.75) is 33.2 Å². The smallest absolute Gasteiger partial charge is 0.186 e. The molecule has 0 bridgehead atoms. The molecule has 0 amide bonds. The number of nitrogens with zero attached hydrogens (tertiary/aromatic N) is 2. The maximum atomic E-state index is 12.2. The third-order valence-corrected chi connectivity index (χ3v) is 4.75. The number of carbonyl (C=O) groups is 1. The summed E-state index contributed by atoms with van der Waals surface area (Å²) in [6.45, 7) is 13.5. The molecule has 1 aromatic rings. The number of carbonyl (C=O) groups excluding carboxylic acids is 1. The van der Waals surface area contributed by atoms with Crippen LogP contribution in [0, 0.1) is 6.92 Å². The maximum absolute atomic E-state index is 12.2. The first-order chi connectivity index (χ1) is 8.86. The van der Waals surface area contributed by atoms with Gasteiger partial charge in [-0.2, -0.15) is 0 Å². The highest BCUT2D eigenvalue weighted by Crippen LogP contribution is 2.18. The van der Waals surface area contributed by atoms with Gasteiger partial charge >= 0.3 is 0 Å². The summed E-state index contributed by atoms with van der Waals surface area (Å²) in [4.78, 5) is 19.0. The van der Waals surface area contributed by atoms with Crippen molar-refractivity contribution in [2.24, 2.45) is 0 Å². The molecule has 1 fully saturated rings. The van der Waals surface area contributed by atoms with Gasteiger partial charge < -0.3 is 0 Å². The highest BCUT2D eigenvalue weighted by Gasteiger charge is 2.26. The van der Waals surface area contributed by atoms with Crippen LogP contribution in [0.25, 0.3) is 0 Å². The van der Waals surface area contributed by atoms with Crippen LogP contribution < -0.4 is 0 Å². The molecule has 0 spiro atoms. The average Bonchev–Trinajstić information content (AvgIpc) is 2.75. The molecular formula is C15H24N2OS. The normalized spacial score (nSPS) is 18.7. The van der Waals surface area contributed by atoms with Crippen molar-refractivity contribution in [1.82, 2.24) is 9.80 Å². The predicted molar refractivity (Wildman–Crippen MR) is 81.2 cm³/mol. The zero-order valence-electron chi connectivity index (χ0n) is 12.4. The molecule has 106 valence electrons. The van der Waals surface area contributed by atoms with Gasteiger partial charge in [0, 0.05) is 36.6 Å². The van der Waals surface area contributed by atoms with Crippen molar-refractivity contribution in [1.29, 1.82) is 0 Å². The van der Waals surface area contributed by atoms with Crippen LogP contribution in [0.4, 0.5) is 0 Å². The van der Waals surface area contributed by atoms with E-state index in [2.05, 4.69) is 30.6 Å². The molecule has 1 aliphatic heterocycles. The van der Waals surface area contributed by atoms with Crippen LogP contribution in [0.3, 0.4) is 0 Å². The molecule has 2 rings (SSSR count). The summed E-state index contributed by atoms with van der Waals surface area (Å²) < 4.78 is 0. The lowest BCUT2D eigenvalue weighted by molar-refractivity contribution is 0.0580. The summed E-state index contributed by atoms with van der Waals surface area (Å²) in [6.07, 6.45) is 0. The Morgan fingerprint density at radius 1 is 1.21 bits per heavy atom. The van der Waals surface area contributed by atoms with Crippen molar-refractivity contribution in [3.63, 3.8) is 0 Å². The van der Waals surface area contributed by atoms with Crippen molar-refractivity contribution < 1.29 is 4.79 Å². The first-order valence-electron chi connectivity index (χ1n) is 6.93. The van der Waals surface area contributed by atoms with E-state index in [-0.39, 0.29) is 11.3 Å². The van der Waals surface area contributed by atoms with Crippen LogP contribution in [-0.4, -0.2) is 53.8 Å². The molecule has 0 unspecified atom stereocenters. The molecule has 1 aliphatic rings. The van der Waals surface area contributed by atoms with Gasteiger partial charge in [0.2, 0.25) is 0 Å². The molecule has 4 heteroatoms. The standard InChI is InChI=1S/C15H24N2OS/c1-12-5-6-14(19-12)13(18)11-16-7-9-17(10-8-16)15(2,3)4/h5-6H,7-11H2,1-4H3. The lowest BCUT2D eigenvalue weighted by atomic mass is 10.0. The summed E-state index contributed by atoms with van der Waals surface area (Å²) >= 11 is 1.60. The van der Waals surface area contributed by atoms with Gasteiger partial charge in [0.1, 0.15) is 0 Å². The molecule has 1 aromatic heterocycles. The van der Waals surface area contributed by atoms with E-state index in [1.807, 2.05) is 19.1 Å². The largest absolute Gasteiger partial charge is 0.296 e. The molecule has 2 heterocycles. The Kier molecular flexibility index (Phi) is 4.43. The Bertz CT molecular complexity index is 439. The van der Waals surface area contributed by atoms with Gasteiger partial charge in [-0.05, 0) is 39.8 Å². The van der Waals surface area contributed by atoms with Crippen LogP contribution in [-0.2, 0) is 0 Å². The number of ketones is 1. The van der Waals surface area contributed by atoms with Gasteiger partial charge in [0.05, 0.1) is 11.4 Å². The molecule has 0 radical (unpaired) electrons. The van der Waals surface area contributed by atoms with Gasteiger partial charge in [-0.1, -0.05) is 0 Å². The van der Waals surface area contributed by atoms with E-state index in [9.17, 15) is 4.79 Å². The minimum Gasteiger partial charge on any atom is -0.296 e. The topological polar surface area (TPSA) is 23.6 Å². The quantitative estimate of drug-likeness (QED) is 0.795. The van der Waals surface area contributed by atoms with E-state index in [0.717, 1.165) is 31.1 Å². The maximum Gasteiger partial charge on any atom is 0.186 e. The number of thiophene rings is 1. The predicted octanol–water partition coefficient (Wildman–Crippen LogP) is 2.66. The lowest BCUT2D eigenvalue weighted by Crippen LogP contribution is -2.54.